The minimum atomic E-state index is -0.324. The molecular formula is C23H25FN4O2. The molecule has 1 saturated heterocycles. The number of aromatic nitrogens is 2. The number of H-pyrrole nitrogens is 1. The van der Waals surface area contributed by atoms with Crippen molar-refractivity contribution in [2.75, 3.05) is 25.1 Å². The van der Waals surface area contributed by atoms with Crippen LogP contribution in [-0.4, -0.2) is 42.3 Å². The van der Waals surface area contributed by atoms with Crippen molar-refractivity contribution < 1.29 is 13.9 Å². The van der Waals surface area contributed by atoms with Crippen LogP contribution in [0.2, 0.25) is 0 Å². The third-order valence-electron chi connectivity index (χ3n) is 5.33. The quantitative estimate of drug-likeness (QED) is 0.654. The molecule has 2 aromatic carbocycles. The van der Waals surface area contributed by atoms with Gasteiger partial charge >= 0.3 is 0 Å². The van der Waals surface area contributed by atoms with Crippen molar-refractivity contribution in [3.8, 4) is 17.0 Å². The van der Waals surface area contributed by atoms with Gasteiger partial charge in [-0.05, 0) is 60.4 Å². The predicted octanol–water partition coefficient (Wildman–Crippen LogP) is 3.55. The first-order valence-electron chi connectivity index (χ1n) is 10.1. The summed E-state index contributed by atoms with van der Waals surface area (Å²) in [5.41, 5.74) is 2.65. The van der Waals surface area contributed by atoms with Gasteiger partial charge in [0.25, 0.3) is 0 Å². The topological polar surface area (TPSA) is 70.2 Å². The highest BCUT2D eigenvalue weighted by Crippen LogP contribution is 2.25. The molecule has 30 heavy (non-hydrogen) atoms. The van der Waals surface area contributed by atoms with Gasteiger partial charge in [0.1, 0.15) is 11.6 Å². The van der Waals surface area contributed by atoms with Gasteiger partial charge in [0, 0.05) is 25.2 Å². The first-order chi connectivity index (χ1) is 14.6. The average molecular weight is 408 g/mol. The average Bonchev–Trinajstić information content (AvgIpc) is 3.24. The smallest absolute Gasteiger partial charge is 0.224 e. The van der Waals surface area contributed by atoms with Crippen molar-refractivity contribution in [1.29, 1.82) is 0 Å². The number of hydrogen-bond donors (Lipinski definition) is 2. The van der Waals surface area contributed by atoms with Crippen LogP contribution in [0.1, 0.15) is 18.4 Å². The molecule has 1 amide bonds. The normalized spacial score (nSPS) is 16.3. The maximum absolute atomic E-state index is 13.3. The number of benzene rings is 2. The number of amides is 1. The lowest BCUT2D eigenvalue weighted by molar-refractivity contribution is -0.121. The Hall–Kier alpha value is -3.35. The molecule has 0 bridgehead atoms. The predicted molar refractivity (Wildman–Crippen MR) is 114 cm³/mol. The van der Waals surface area contributed by atoms with Gasteiger partial charge in [-0.3, -0.25) is 9.89 Å². The Bertz CT molecular complexity index is 1000. The molecular weight excluding hydrogens is 383 g/mol. The molecule has 0 aliphatic carbocycles. The number of halogens is 1. The van der Waals surface area contributed by atoms with E-state index in [4.69, 9.17) is 4.74 Å². The molecule has 0 saturated carbocycles. The number of ether oxygens (including phenoxy) is 1. The van der Waals surface area contributed by atoms with Crippen LogP contribution in [0.4, 0.5) is 10.2 Å². The summed E-state index contributed by atoms with van der Waals surface area (Å²) in [4.78, 5) is 14.6. The fraction of sp³-hybridized carbons (Fsp3) is 0.304. The Labute approximate surface area is 175 Å². The number of anilines is 1. The van der Waals surface area contributed by atoms with Crippen LogP contribution in [0, 0.1) is 5.82 Å². The maximum atomic E-state index is 13.3. The highest BCUT2D eigenvalue weighted by molar-refractivity contribution is 5.79. The van der Waals surface area contributed by atoms with Gasteiger partial charge in [-0.15, -0.1) is 0 Å². The van der Waals surface area contributed by atoms with Gasteiger partial charge in [-0.2, -0.15) is 5.10 Å². The van der Waals surface area contributed by atoms with Crippen molar-refractivity contribution >= 4 is 11.7 Å². The zero-order chi connectivity index (χ0) is 20.9. The zero-order valence-corrected chi connectivity index (χ0v) is 16.9. The van der Waals surface area contributed by atoms with Gasteiger partial charge in [-0.1, -0.05) is 12.1 Å². The Kier molecular flexibility index (Phi) is 5.97. The van der Waals surface area contributed by atoms with Crippen molar-refractivity contribution in [1.82, 2.24) is 15.5 Å². The third-order valence-corrected chi connectivity index (χ3v) is 5.33. The Balaban J connectivity index is 1.36. The number of nitrogens with zero attached hydrogens (tertiary/aromatic N) is 2. The number of carbonyl (C=O) groups excluding carboxylic acids is 1. The van der Waals surface area contributed by atoms with E-state index in [2.05, 4.69) is 20.4 Å². The summed E-state index contributed by atoms with van der Waals surface area (Å²) in [7, 11) is 1.65. The lowest BCUT2D eigenvalue weighted by atomic mass is 10.0. The Morgan fingerprint density at radius 1 is 1.27 bits per heavy atom. The molecule has 2 heterocycles. The van der Waals surface area contributed by atoms with Crippen LogP contribution in [-0.2, 0) is 11.2 Å². The molecule has 0 radical (unpaired) electrons. The molecule has 4 rings (SSSR count). The largest absolute Gasteiger partial charge is 0.497 e. The van der Waals surface area contributed by atoms with E-state index >= 15 is 0 Å². The van der Waals surface area contributed by atoms with E-state index in [1.807, 2.05) is 30.3 Å². The molecule has 7 heteroatoms. The van der Waals surface area contributed by atoms with Crippen LogP contribution in [0.25, 0.3) is 11.3 Å². The summed E-state index contributed by atoms with van der Waals surface area (Å²) in [5, 5.41) is 10.6. The maximum Gasteiger partial charge on any atom is 0.224 e. The summed E-state index contributed by atoms with van der Waals surface area (Å²) in [6, 6.07) is 16.0. The first kappa shape index (κ1) is 19.9. The number of methoxy groups -OCH3 is 1. The van der Waals surface area contributed by atoms with E-state index in [0.717, 1.165) is 42.2 Å². The van der Waals surface area contributed by atoms with E-state index in [0.29, 0.717) is 12.1 Å². The van der Waals surface area contributed by atoms with Crippen LogP contribution >= 0.6 is 0 Å². The number of hydrogen-bond acceptors (Lipinski definition) is 4. The fourth-order valence-electron chi connectivity index (χ4n) is 3.81. The van der Waals surface area contributed by atoms with Gasteiger partial charge in [-0.25, -0.2) is 4.39 Å². The Morgan fingerprint density at radius 3 is 2.87 bits per heavy atom. The SMILES string of the molecule is COc1ccc(-c2cc(N3CCCC(NC(=O)Cc4cccc(F)c4)C3)n[nH]2)cc1. The van der Waals surface area contributed by atoms with Gasteiger partial charge in [0.2, 0.25) is 5.91 Å². The zero-order valence-electron chi connectivity index (χ0n) is 16.9. The molecule has 1 aliphatic heterocycles. The van der Waals surface area contributed by atoms with E-state index in [1.165, 1.54) is 12.1 Å². The lowest BCUT2D eigenvalue weighted by Gasteiger charge is -2.33. The second-order valence-corrected chi connectivity index (χ2v) is 7.53. The van der Waals surface area contributed by atoms with Gasteiger partial charge in [0.15, 0.2) is 5.82 Å². The number of nitrogens with one attached hydrogen (secondary N) is 2. The second-order valence-electron chi connectivity index (χ2n) is 7.53. The number of rotatable bonds is 6. The number of carbonyl (C=O) groups is 1. The minimum absolute atomic E-state index is 0.0425. The Morgan fingerprint density at radius 2 is 2.10 bits per heavy atom. The number of piperidine rings is 1. The summed E-state index contributed by atoms with van der Waals surface area (Å²) in [5.74, 6) is 1.26. The van der Waals surface area contributed by atoms with Gasteiger partial charge < -0.3 is 15.0 Å². The fourth-order valence-corrected chi connectivity index (χ4v) is 3.81. The van der Waals surface area contributed by atoms with Crippen molar-refractivity contribution in [3.05, 3.63) is 66.0 Å². The highest BCUT2D eigenvalue weighted by Gasteiger charge is 2.23. The summed E-state index contributed by atoms with van der Waals surface area (Å²) in [6.07, 6.45) is 2.06. The van der Waals surface area contributed by atoms with E-state index < -0.39 is 0 Å². The highest BCUT2D eigenvalue weighted by atomic mass is 19.1. The van der Waals surface area contributed by atoms with Gasteiger partial charge in [0.05, 0.1) is 19.2 Å². The molecule has 0 spiro atoms. The summed E-state index contributed by atoms with van der Waals surface area (Å²) in [6.45, 7) is 1.59. The molecule has 2 N–H and O–H groups in total. The molecule has 1 aromatic heterocycles. The molecule has 156 valence electrons. The standard InChI is InChI=1S/C23H25FN4O2/c1-30-20-9-7-17(8-10-20)21-14-22(27-26-21)28-11-3-6-19(15-28)25-23(29)13-16-4-2-5-18(24)12-16/h2,4-5,7-10,12,14,19H,3,6,11,13,15H2,1H3,(H,25,29)(H,26,27). The van der Waals surface area contributed by atoms with Crippen LogP contribution in [0.15, 0.2) is 54.6 Å². The van der Waals surface area contributed by atoms with Crippen molar-refractivity contribution in [2.45, 2.75) is 25.3 Å². The molecule has 6 nitrogen and oxygen atoms in total. The monoisotopic (exact) mass is 408 g/mol. The third kappa shape index (κ3) is 4.79. The van der Waals surface area contributed by atoms with E-state index in [1.54, 1.807) is 19.2 Å². The summed E-state index contributed by atoms with van der Waals surface area (Å²) < 4.78 is 18.5. The summed E-state index contributed by atoms with van der Waals surface area (Å²) >= 11 is 0. The van der Waals surface area contributed by atoms with Crippen LogP contribution < -0.4 is 15.0 Å². The molecule has 1 fully saturated rings. The first-order valence-corrected chi connectivity index (χ1v) is 10.1. The molecule has 1 atom stereocenters. The molecule has 1 unspecified atom stereocenters. The van der Waals surface area contributed by atoms with Crippen molar-refractivity contribution in [3.63, 3.8) is 0 Å². The second kappa shape index (κ2) is 8.98. The van der Waals surface area contributed by atoms with Crippen molar-refractivity contribution in [2.24, 2.45) is 0 Å². The molecule has 3 aromatic rings. The lowest BCUT2D eigenvalue weighted by Crippen LogP contribution is -2.48. The van der Waals surface area contributed by atoms with E-state index in [-0.39, 0.29) is 24.2 Å². The van der Waals surface area contributed by atoms with Crippen LogP contribution in [0.3, 0.4) is 0 Å². The minimum Gasteiger partial charge on any atom is -0.497 e. The van der Waals surface area contributed by atoms with Crippen LogP contribution in [0.5, 0.6) is 5.75 Å². The van der Waals surface area contributed by atoms with E-state index in [9.17, 15) is 9.18 Å². The molecule has 1 aliphatic rings. The number of aromatic amines is 1.